The minimum Gasteiger partial charge on any atom is -0.374 e. The molecule has 1 saturated heterocycles. The number of hydrogen-bond donors (Lipinski definition) is 2. The number of hydrogen-bond acceptors (Lipinski definition) is 6. The highest BCUT2D eigenvalue weighted by atomic mass is 19.4. The first-order chi connectivity index (χ1) is 12.3. The van der Waals surface area contributed by atoms with Gasteiger partial charge in [0.25, 0.3) is 0 Å². The average molecular weight is 370 g/mol. The lowest BCUT2D eigenvalue weighted by atomic mass is 10.1. The number of likely N-dealkylation sites (tertiary alicyclic amines) is 1. The molecule has 0 radical (unpaired) electrons. The molecule has 0 aliphatic carbocycles. The van der Waals surface area contributed by atoms with E-state index in [2.05, 4.69) is 24.9 Å². The number of aromatic nitrogens is 2. The lowest BCUT2D eigenvalue weighted by molar-refractivity contribution is -0.159. The summed E-state index contributed by atoms with van der Waals surface area (Å²) in [4.78, 5) is 5.69. The third-order valence-electron chi connectivity index (χ3n) is 4.33. The third kappa shape index (κ3) is 4.60. The monoisotopic (exact) mass is 370 g/mol. The first-order valence-electron chi connectivity index (χ1n) is 8.50. The van der Waals surface area contributed by atoms with E-state index in [1.54, 1.807) is 24.3 Å². The van der Waals surface area contributed by atoms with Crippen molar-refractivity contribution in [2.75, 3.05) is 19.6 Å². The van der Waals surface area contributed by atoms with Gasteiger partial charge in [-0.2, -0.15) is 18.2 Å². The first kappa shape index (κ1) is 18.8. The van der Waals surface area contributed by atoms with Crippen LogP contribution in [0.4, 0.5) is 13.2 Å². The Morgan fingerprint density at radius 1 is 1.23 bits per heavy atom. The van der Waals surface area contributed by atoms with Crippen molar-refractivity contribution < 1.29 is 22.8 Å². The van der Waals surface area contributed by atoms with Crippen LogP contribution in [-0.2, 0) is 6.18 Å². The minimum absolute atomic E-state index is 0.106. The number of nitrogens with zero attached hydrogens (tertiary/aromatic N) is 3. The zero-order valence-corrected chi connectivity index (χ0v) is 14.3. The summed E-state index contributed by atoms with van der Waals surface area (Å²) >= 11 is 0. The molecule has 1 aromatic heterocycles. The second-order valence-electron chi connectivity index (χ2n) is 6.52. The van der Waals surface area contributed by atoms with Gasteiger partial charge in [-0.3, -0.25) is 5.32 Å². The maximum atomic E-state index is 12.5. The number of nitrogens with one attached hydrogen (secondary N) is 1. The Morgan fingerprint density at radius 2 is 1.88 bits per heavy atom. The second-order valence-corrected chi connectivity index (χ2v) is 6.52. The molecule has 1 aliphatic heterocycles. The van der Waals surface area contributed by atoms with Crippen LogP contribution < -0.4 is 5.32 Å². The number of aliphatic hydroxyl groups is 1. The van der Waals surface area contributed by atoms with Crippen LogP contribution >= 0.6 is 0 Å². The summed E-state index contributed by atoms with van der Waals surface area (Å²) in [5.74, 6) is -1.53. The van der Waals surface area contributed by atoms with Crippen LogP contribution in [0.1, 0.15) is 37.4 Å². The van der Waals surface area contributed by atoms with Gasteiger partial charge < -0.3 is 14.5 Å². The Balaban J connectivity index is 1.60. The van der Waals surface area contributed by atoms with E-state index in [0.29, 0.717) is 11.1 Å². The zero-order chi connectivity index (χ0) is 18.7. The van der Waals surface area contributed by atoms with Gasteiger partial charge in [0.2, 0.25) is 5.82 Å². The molecule has 2 heterocycles. The first-order valence-corrected chi connectivity index (χ1v) is 8.50. The molecular formula is C17H21F3N4O2. The van der Waals surface area contributed by atoms with Crippen molar-refractivity contribution in [3.63, 3.8) is 0 Å². The molecule has 26 heavy (non-hydrogen) atoms. The molecule has 9 heteroatoms. The summed E-state index contributed by atoms with van der Waals surface area (Å²) in [6.45, 7) is 5.04. The predicted molar refractivity (Wildman–Crippen MR) is 88.0 cm³/mol. The number of rotatable bonds is 6. The van der Waals surface area contributed by atoms with Crippen LogP contribution in [-0.4, -0.2) is 45.8 Å². The fourth-order valence-electron chi connectivity index (χ4n) is 3.04. The maximum absolute atomic E-state index is 12.5. The lowest BCUT2D eigenvalue weighted by Gasteiger charge is -2.24. The van der Waals surface area contributed by atoms with E-state index in [-0.39, 0.29) is 11.9 Å². The molecule has 1 aliphatic rings. The van der Waals surface area contributed by atoms with Gasteiger partial charge >= 0.3 is 12.1 Å². The van der Waals surface area contributed by atoms with E-state index in [4.69, 9.17) is 0 Å². The van der Waals surface area contributed by atoms with Gasteiger partial charge in [-0.25, -0.2) is 0 Å². The molecule has 142 valence electrons. The summed E-state index contributed by atoms with van der Waals surface area (Å²) < 4.78 is 41.8. The molecule has 0 bridgehead atoms. The summed E-state index contributed by atoms with van der Waals surface area (Å²) in [6, 6.07) is 6.46. The average Bonchev–Trinajstić information content (AvgIpc) is 3.26. The summed E-state index contributed by atoms with van der Waals surface area (Å²) in [5.41, 5.74) is 0.992. The molecule has 2 N–H and O–H groups in total. The van der Waals surface area contributed by atoms with Gasteiger partial charge in [0, 0.05) is 18.2 Å². The van der Waals surface area contributed by atoms with Gasteiger partial charge in [-0.15, -0.1) is 0 Å². The highest BCUT2D eigenvalue weighted by Crippen LogP contribution is 2.29. The summed E-state index contributed by atoms with van der Waals surface area (Å²) in [5, 5.41) is 16.8. The highest BCUT2D eigenvalue weighted by Gasteiger charge is 2.38. The van der Waals surface area contributed by atoms with Crippen LogP contribution in [0, 0.1) is 0 Å². The van der Waals surface area contributed by atoms with Gasteiger partial charge in [0.1, 0.15) is 6.23 Å². The maximum Gasteiger partial charge on any atom is 0.471 e. The Kier molecular flexibility index (Phi) is 5.59. The number of benzene rings is 1. The molecule has 1 fully saturated rings. The van der Waals surface area contributed by atoms with E-state index in [0.717, 1.165) is 19.6 Å². The Morgan fingerprint density at radius 3 is 2.46 bits per heavy atom. The van der Waals surface area contributed by atoms with Crippen molar-refractivity contribution >= 4 is 0 Å². The quantitative estimate of drug-likeness (QED) is 0.762. The largest absolute Gasteiger partial charge is 0.471 e. The van der Waals surface area contributed by atoms with E-state index in [1.807, 2.05) is 6.92 Å². The van der Waals surface area contributed by atoms with Gasteiger partial charge in [-0.05, 0) is 38.4 Å². The molecule has 0 spiro atoms. The van der Waals surface area contributed by atoms with Crippen molar-refractivity contribution in [3.05, 3.63) is 35.7 Å². The fraction of sp³-hybridized carbons (Fsp3) is 0.529. The van der Waals surface area contributed by atoms with Crippen molar-refractivity contribution in [2.45, 2.75) is 38.2 Å². The number of aliphatic hydroxyl groups excluding tert-OH is 1. The smallest absolute Gasteiger partial charge is 0.374 e. The van der Waals surface area contributed by atoms with Crippen LogP contribution in [0.25, 0.3) is 11.4 Å². The SMILES string of the molecule is CC(CN1CCCC1)NC(O)c1ccc(-c2noc(C(F)(F)F)n2)cc1. The fourth-order valence-corrected chi connectivity index (χ4v) is 3.04. The van der Waals surface area contributed by atoms with Crippen LogP contribution in [0.2, 0.25) is 0 Å². The van der Waals surface area contributed by atoms with Crippen LogP contribution in [0.5, 0.6) is 0 Å². The zero-order valence-electron chi connectivity index (χ0n) is 14.3. The van der Waals surface area contributed by atoms with E-state index >= 15 is 0 Å². The third-order valence-corrected chi connectivity index (χ3v) is 4.33. The second kappa shape index (κ2) is 7.73. The lowest BCUT2D eigenvalue weighted by Crippen LogP contribution is -2.39. The Bertz CT molecular complexity index is 712. The molecule has 0 amide bonds. The molecule has 6 nitrogen and oxygen atoms in total. The summed E-state index contributed by atoms with van der Waals surface area (Å²) in [6.07, 6.45) is -3.11. The van der Waals surface area contributed by atoms with Crippen molar-refractivity contribution in [1.82, 2.24) is 20.4 Å². The Labute approximate surface area is 149 Å². The molecule has 2 unspecified atom stereocenters. The molecule has 3 rings (SSSR count). The van der Waals surface area contributed by atoms with Crippen LogP contribution in [0.15, 0.2) is 28.8 Å². The van der Waals surface area contributed by atoms with Gasteiger partial charge in [0.15, 0.2) is 0 Å². The van der Waals surface area contributed by atoms with Crippen molar-refractivity contribution in [1.29, 1.82) is 0 Å². The van der Waals surface area contributed by atoms with Gasteiger partial charge in [0.05, 0.1) is 0 Å². The molecule has 0 saturated carbocycles. The molecule has 2 aromatic rings. The van der Waals surface area contributed by atoms with Crippen LogP contribution in [0.3, 0.4) is 0 Å². The summed E-state index contributed by atoms with van der Waals surface area (Å²) in [7, 11) is 0. The van der Waals surface area contributed by atoms with E-state index in [1.165, 1.54) is 12.8 Å². The Hall–Kier alpha value is -1.97. The normalized spacial score (nSPS) is 18.2. The molecular weight excluding hydrogens is 349 g/mol. The number of alkyl halides is 3. The standard InChI is InChI=1S/C17H21F3N4O2/c1-11(10-24-8-2-3-9-24)21-15(25)13-6-4-12(5-7-13)14-22-16(26-23-14)17(18,19)20/h4-7,11,15,21,25H,2-3,8-10H2,1H3. The van der Waals surface area contributed by atoms with Gasteiger partial charge in [-0.1, -0.05) is 29.4 Å². The van der Waals surface area contributed by atoms with Crippen molar-refractivity contribution in [3.8, 4) is 11.4 Å². The van der Waals surface area contributed by atoms with Crippen molar-refractivity contribution in [2.24, 2.45) is 0 Å². The highest BCUT2D eigenvalue weighted by molar-refractivity contribution is 5.54. The predicted octanol–water partition coefficient (Wildman–Crippen LogP) is 2.82. The molecule has 2 atom stereocenters. The molecule has 1 aromatic carbocycles. The van der Waals surface area contributed by atoms with E-state index in [9.17, 15) is 18.3 Å². The van der Waals surface area contributed by atoms with E-state index < -0.39 is 18.3 Å². The minimum atomic E-state index is -4.67. The topological polar surface area (TPSA) is 74.4 Å². The number of halogens is 3.